The largest absolute Gasteiger partial charge is 0.378 e. The first-order chi connectivity index (χ1) is 15.7. The summed E-state index contributed by atoms with van der Waals surface area (Å²) in [6.45, 7) is 2.74. The minimum atomic E-state index is -0.305. The van der Waals surface area contributed by atoms with Crippen LogP contribution < -0.4 is 10.6 Å². The van der Waals surface area contributed by atoms with Gasteiger partial charge < -0.3 is 19.6 Å². The first-order valence-electron chi connectivity index (χ1n) is 10.4. The summed E-state index contributed by atoms with van der Waals surface area (Å²) >= 11 is 0. The van der Waals surface area contributed by atoms with Gasteiger partial charge in [0.1, 0.15) is 5.82 Å². The van der Waals surface area contributed by atoms with Gasteiger partial charge in [-0.3, -0.25) is 4.40 Å². The molecule has 2 N–H and O–H groups in total. The van der Waals surface area contributed by atoms with Gasteiger partial charge in [0.25, 0.3) is 0 Å². The number of H-pyrrole nitrogens is 2. The molecule has 0 saturated carbocycles. The number of benzene rings is 2. The van der Waals surface area contributed by atoms with E-state index in [0.29, 0.717) is 30.1 Å². The van der Waals surface area contributed by atoms with Crippen LogP contribution in [0.4, 0.5) is 10.2 Å². The third-order valence-electron chi connectivity index (χ3n) is 5.74. The fourth-order valence-corrected chi connectivity index (χ4v) is 4.23. The summed E-state index contributed by atoms with van der Waals surface area (Å²) in [7, 11) is 0. The van der Waals surface area contributed by atoms with Gasteiger partial charge in [0.15, 0.2) is 11.5 Å². The van der Waals surface area contributed by atoms with Crippen LogP contribution in [0.2, 0.25) is 0 Å². The van der Waals surface area contributed by atoms with E-state index in [1.165, 1.54) is 12.1 Å². The van der Waals surface area contributed by atoms with Gasteiger partial charge in [-0.25, -0.2) is 19.2 Å². The van der Waals surface area contributed by atoms with Crippen LogP contribution in [-0.4, -0.2) is 50.6 Å². The number of ether oxygens (including phenoxy) is 1. The standard InChI is InChI=1S/C23H19FN6O2/c24-16-4-1-14(2-5-16)19-20(15-3-6-17-18(13-15)27-23(31)26-17)30-8-7-25-21(22(30)28-19)29-9-11-32-12-10-29/h1-8,13H,9-12H2,(H2,26,27,31). The summed E-state index contributed by atoms with van der Waals surface area (Å²) < 4.78 is 21.1. The highest BCUT2D eigenvalue weighted by Gasteiger charge is 2.22. The van der Waals surface area contributed by atoms with E-state index in [9.17, 15) is 9.18 Å². The van der Waals surface area contributed by atoms with Crippen LogP contribution in [-0.2, 0) is 4.74 Å². The Hall–Kier alpha value is -3.98. The Morgan fingerprint density at radius 1 is 0.969 bits per heavy atom. The Balaban J connectivity index is 1.62. The van der Waals surface area contributed by atoms with Crippen LogP contribution in [0, 0.1) is 5.82 Å². The Bertz CT molecular complexity index is 1500. The highest BCUT2D eigenvalue weighted by molar-refractivity contribution is 5.88. The number of fused-ring (bicyclic) bond motifs is 2. The molecule has 5 aromatic rings. The van der Waals surface area contributed by atoms with Crippen molar-refractivity contribution in [2.45, 2.75) is 0 Å². The number of aromatic amines is 2. The zero-order valence-corrected chi connectivity index (χ0v) is 17.0. The van der Waals surface area contributed by atoms with E-state index in [1.54, 1.807) is 18.3 Å². The summed E-state index contributed by atoms with van der Waals surface area (Å²) in [4.78, 5) is 29.1. The van der Waals surface area contributed by atoms with Gasteiger partial charge in [0.2, 0.25) is 0 Å². The van der Waals surface area contributed by atoms with Crippen molar-refractivity contribution in [3.05, 3.63) is 71.2 Å². The molecule has 9 heteroatoms. The lowest BCUT2D eigenvalue weighted by Crippen LogP contribution is -2.37. The number of rotatable bonds is 3. The predicted octanol–water partition coefficient (Wildman–Crippen LogP) is 3.21. The number of halogens is 1. The van der Waals surface area contributed by atoms with Gasteiger partial charge in [-0.2, -0.15) is 0 Å². The summed E-state index contributed by atoms with van der Waals surface area (Å²) in [6, 6.07) is 12.0. The third kappa shape index (κ3) is 3.05. The van der Waals surface area contributed by atoms with Crippen LogP contribution in [0.15, 0.2) is 59.7 Å². The average molecular weight is 430 g/mol. The first kappa shape index (κ1) is 18.8. The van der Waals surface area contributed by atoms with Crippen LogP contribution in [0.25, 0.3) is 39.2 Å². The average Bonchev–Trinajstić information content (AvgIpc) is 3.39. The predicted molar refractivity (Wildman–Crippen MR) is 119 cm³/mol. The lowest BCUT2D eigenvalue weighted by molar-refractivity contribution is 0.122. The molecule has 160 valence electrons. The smallest absolute Gasteiger partial charge is 0.323 e. The lowest BCUT2D eigenvalue weighted by Gasteiger charge is -2.27. The van der Waals surface area contributed by atoms with Gasteiger partial charge in [-0.05, 0) is 36.4 Å². The molecule has 0 radical (unpaired) electrons. The van der Waals surface area contributed by atoms with Crippen molar-refractivity contribution in [2.24, 2.45) is 0 Å². The third-order valence-corrected chi connectivity index (χ3v) is 5.74. The number of anilines is 1. The van der Waals surface area contributed by atoms with Crippen molar-refractivity contribution in [1.29, 1.82) is 0 Å². The summed E-state index contributed by atoms with van der Waals surface area (Å²) in [5.74, 6) is 0.475. The Labute approximate surface area is 181 Å². The fraction of sp³-hybridized carbons (Fsp3) is 0.174. The molecule has 8 nitrogen and oxygen atoms in total. The van der Waals surface area contributed by atoms with E-state index in [-0.39, 0.29) is 11.5 Å². The van der Waals surface area contributed by atoms with E-state index in [4.69, 9.17) is 9.72 Å². The molecule has 2 aromatic carbocycles. The van der Waals surface area contributed by atoms with Crippen molar-refractivity contribution in [1.82, 2.24) is 24.3 Å². The Kier molecular flexibility index (Phi) is 4.29. The van der Waals surface area contributed by atoms with Gasteiger partial charge >= 0.3 is 5.69 Å². The highest BCUT2D eigenvalue weighted by atomic mass is 19.1. The molecule has 1 fully saturated rings. The Morgan fingerprint density at radius 2 is 1.72 bits per heavy atom. The topological polar surface area (TPSA) is 91.3 Å². The molecular formula is C23H19FN6O2. The molecular weight excluding hydrogens is 411 g/mol. The van der Waals surface area contributed by atoms with Crippen LogP contribution >= 0.6 is 0 Å². The second kappa shape index (κ2) is 7.31. The molecule has 0 amide bonds. The maximum Gasteiger partial charge on any atom is 0.323 e. The van der Waals surface area contributed by atoms with E-state index in [2.05, 4.69) is 19.9 Å². The van der Waals surface area contributed by atoms with Crippen molar-refractivity contribution < 1.29 is 9.13 Å². The molecule has 0 unspecified atom stereocenters. The molecule has 3 aromatic heterocycles. The number of hydrogen-bond donors (Lipinski definition) is 2. The maximum atomic E-state index is 13.6. The van der Waals surface area contributed by atoms with Gasteiger partial charge in [0.05, 0.1) is 35.6 Å². The van der Waals surface area contributed by atoms with Crippen molar-refractivity contribution in [2.75, 3.05) is 31.2 Å². The van der Waals surface area contributed by atoms with Crippen LogP contribution in [0.1, 0.15) is 0 Å². The van der Waals surface area contributed by atoms with E-state index in [0.717, 1.165) is 41.2 Å². The maximum absolute atomic E-state index is 13.6. The molecule has 0 atom stereocenters. The minimum absolute atomic E-state index is 0.257. The number of imidazole rings is 2. The van der Waals surface area contributed by atoms with Gasteiger partial charge in [0, 0.05) is 36.6 Å². The van der Waals surface area contributed by atoms with E-state index in [1.807, 2.05) is 28.8 Å². The van der Waals surface area contributed by atoms with Crippen molar-refractivity contribution in [3.8, 4) is 22.5 Å². The summed E-state index contributed by atoms with van der Waals surface area (Å²) in [6.07, 6.45) is 3.63. The number of aromatic nitrogens is 5. The van der Waals surface area contributed by atoms with Gasteiger partial charge in [-0.15, -0.1) is 0 Å². The fourth-order valence-electron chi connectivity index (χ4n) is 4.23. The molecule has 1 aliphatic rings. The molecule has 0 aliphatic carbocycles. The second-order valence-electron chi connectivity index (χ2n) is 7.70. The number of hydrogen-bond acceptors (Lipinski definition) is 5. The van der Waals surface area contributed by atoms with E-state index >= 15 is 0 Å². The molecule has 32 heavy (non-hydrogen) atoms. The molecule has 1 saturated heterocycles. The highest BCUT2D eigenvalue weighted by Crippen LogP contribution is 2.36. The minimum Gasteiger partial charge on any atom is -0.378 e. The molecule has 0 bridgehead atoms. The second-order valence-corrected chi connectivity index (χ2v) is 7.70. The molecule has 0 spiro atoms. The van der Waals surface area contributed by atoms with Crippen LogP contribution in [0.5, 0.6) is 0 Å². The quantitative estimate of drug-likeness (QED) is 0.459. The molecule has 1 aliphatic heterocycles. The van der Waals surface area contributed by atoms with Gasteiger partial charge in [-0.1, -0.05) is 6.07 Å². The zero-order valence-electron chi connectivity index (χ0n) is 17.0. The number of morpholine rings is 1. The SMILES string of the molecule is O=c1[nH]c2ccc(-c3c(-c4ccc(F)cc4)nc4c(N5CCOCC5)nccn34)cc2[nH]1. The zero-order chi connectivity index (χ0) is 21.7. The summed E-state index contributed by atoms with van der Waals surface area (Å²) in [5.41, 5.74) is 5.11. The lowest BCUT2D eigenvalue weighted by atomic mass is 10.0. The van der Waals surface area contributed by atoms with Crippen molar-refractivity contribution in [3.63, 3.8) is 0 Å². The molecule has 6 rings (SSSR count). The number of nitrogens with one attached hydrogen (secondary N) is 2. The van der Waals surface area contributed by atoms with Crippen molar-refractivity contribution >= 4 is 22.5 Å². The molecule has 4 heterocycles. The summed E-state index contributed by atoms with van der Waals surface area (Å²) in [5, 5.41) is 0. The monoisotopic (exact) mass is 430 g/mol. The normalized spacial score (nSPS) is 14.5. The Morgan fingerprint density at radius 3 is 2.53 bits per heavy atom. The van der Waals surface area contributed by atoms with E-state index < -0.39 is 0 Å². The number of nitrogens with zero attached hydrogens (tertiary/aromatic N) is 4. The first-order valence-corrected chi connectivity index (χ1v) is 10.4. The van der Waals surface area contributed by atoms with Crippen LogP contribution in [0.3, 0.4) is 0 Å².